The molecule has 0 bridgehead atoms. The second-order valence-electron chi connectivity index (χ2n) is 8.16. The third-order valence-electron chi connectivity index (χ3n) is 5.97. The lowest BCUT2D eigenvalue weighted by Gasteiger charge is -2.28. The summed E-state index contributed by atoms with van der Waals surface area (Å²) < 4.78 is 56.1. The average molecular weight is 475 g/mol. The number of halogens is 4. The Morgan fingerprint density at radius 3 is 2.47 bits per heavy atom. The summed E-state index contributed by atoms with van der Waals surface area (Å²) in [6.07, 6.45) is -3.55. The first kappa shape index (κ1) is 23.9. The number of aromatic amines is 1. The molecule has 0 amide bonds. The zero-order chi connectivity index (χ0) is 24.5. The van der Waals surface area contributed by atoms with Crippen molar-refractivity contribution in [3.63, 3.8) is 0 Å². The van der Waals surface area contributed by atoms with Crippen molar-refractivity contribution in [1.82, 2.24) is 25.1 Å². The highest BCUT2D eigenvalue weighted by Crippen LogP contribution is 2.41. The van der Waals surface area contributed by atoms with E-state index in [2.05, 4.69) is 20.7 Å². The number of benzene rings is 1. The van der Waals surface area contributed by atoms with Crippen LogP contribution in [0.2, 0.25) is 0 Å². The summed E-state index contributed by atoms with van der Waals surface area (Å²) in [5, 5.41) is 23.2. The van der Waals surface area contributed by atoms with Crippen LogP contribution in [0.25, 0.3) is 16.8 Å². The van der Waals surface area contributed by atoms with Gasteiger partial charge in [0.25, 0.3) is 0 Å². The number of H-pyrrole nitrogens is 1. The number of aromatic nitrogens is 4. The molecule has 0 saturated carbocycles. The van der Waals surface area contributed by atoms with Crippen LogP contribution in [0.15, 0.2) is 48.7 Å². The van der Waals surface area contributed by atoms with Crippen molar-refractivity contribution in [2.45, 2.75) is 45.0 Å². The monoisotopic (exact) mass is 475 g/mol. The molecular formula is C24H25F4N5O. The van der Waals surface area contributed by atoms with Crippen molar-refractivity contribution in [2.24, 2.45) is 0 Å². The van der Waals surface area contributed by atoms with Crippen molar-refractivity contribution < 1.29 is 22.7 Å². The molecule has 1 aromatic carbocycles. The van der Waals surface area contributed by atoms with Crippen molar-refractivity contribution in [1.29, 1.82) is 0 Å². The van der Waals surface area contributed by atoms with Gasteiger partial charge in [-0.1, -0.05) is 19.1 Å². The van der Waals surface area contributed by atoms with Crippen molar-refractivity contribution in [3.05, 3.63) is 77.0 Å². The number of pyridine rings is 1. The Kier molecular flexibility index (Phi) is 6.46. The molecule has 1 atom stereocenters. The van der Waals surface area contributed by atoms with E-state index in [-0.39, 0.29) is 17.9 Å². The molecule has 1 unspecified atom stereocenters. The van der Waals surface area contributed by atoms with Gasteiger partial charge >= 0.3 is 6.18 Å². The Morgan fingerprint density at radius 2 is 1.82 bits per heavy atom. The maximum Gasteiger partial charge on any atom is 0.423 e. The molecule has 3 N–H and O–H groups in total. The molecule has 0 fully saturated rings. The number of fused-ring (bicyclic) bond motifs is 1. The lowest BCUT2D eigenvalue weighted by molar-refractivity contribution is -0.269. The van der Waals surface area contributed by atoms with E-state index in [0.717, 1.165) is 34.4 Å². The molecule has 0 saturated heterocycles. The number of nitrogens with zero attached hydrogens (tertiary/aromatic N) is 3. The quantitative estimate of drug-likeness (QED) is 0.322. The zero-order valence-corrected chi connectivity index (χ0v) is 18.7. The van der Waals surface area contributed by atoms with Gasteiger partial charge in [-0.05, 0) is 72.1 Å². The van der Waals surface area contributed by atoms with E-state index in [4.69, 9.17) is 0 Å². The minimum atomic E-state index is -4.88. The van der Waals surface area contributed by atoms with Crippen molar-refractivity contribution in [3.8, 4) is 11.3 Å². The van der Waals surface area contributed by atoms with Gasteiger partial charge in [-0.3, -0.25) is 5.10 Å². The topological polar surface area (TPSA) is 78.2 Å². The van der Waals surface area contributed by atoms with Crippen molar-refractivity contribution in [2.75, 3.05) is 6.54 Å². The molecule has 180 valence electrons. The highest BCUT2D eigenvalue weighted by Gasteiger charge is 2.56. The standard InChI is InChI=1S/C24H25F4N5O/c1-3-23(34,24(26,27)28)22-20(30-32-31-22)12-15-9-10-33-19(11-15)13-17(14-29-4-2)21(33)16-5-7-18(25)8-6-16/h5-11,13,29,34H,3-4,12,14H2,1-2H3,(H,30,31,32). The molecule has 0 aliphatic heterocycles. The molecule has 0 radical (unpaired) electrons. The summed E-state index contributed by atoms with van der Waals surface area (Å²) >= 11 is 0. The molecule has 4 aromatic rings. The fraction of sp³-hybridized carbons (Fsp3) is 0.333. The number of hydrogen-bond acceptors (Lipinski definition) is 4. The Bertz CT molecular complexity index is 1280. The van der Waals surface area contributed by atoms with Crippen LogP contribution >= 0.6 is 0 Å². The fourth-order valence-corrected chi connectivity index (χ4v) is 4.13. The van der Waals surface area contributed by atoms with E-state index in [9.17, 15) is 22.7 Å². The molecule has 0 aliphatic rings. The maximum absolute atomic E-state index is 13.6. The molecular weight excluding hydrogens is 450 g/mol. The van der Waals surface area contributed by atoms with Crippen LogP contribution < -0.4 is 5.32 Å². The SMILES string of the molecule is CCNCc1cc2cc(Cc3[nH]nnc3C(O)(CC)C(F)(F)F)ccn2c1-c1ccc(F)cc1. The fourth-order valence-electron chi connectivity index (χ4n) is 4.13. The van der Waals surface area contributed by atoms with Gasteiger partial charge in [-0.15, -0.1) is 5.10 Å². The van der Waals surface area contributed by atoms with Crippen LogP contribution in [0.1, 0.15) is 42.8 Å². The van der Waals surface area contributed by atoms with Crippen LogP contribution in [0.5, 0.6) is 0 Å². The Labute approximate surface area is 193 Å². The number of hydrogen-bond donors (Lipinski definition) is 3. The lowest BCUT2D eigenvalue weighted by atomic mass is 9.92. The molecule has 3 aromatic heterocycles. The van der Waals surface area contributed by atoms with E-state index in [1.165, 1.54) is 19.1 Å². The van der Waals surface area contributed by atoms with E-state index in [1.54, 1.807) is 18.2 Å². The highest BCUT2D eigenvalue weighted by molar-refractivity contribution is 5.72. The molecule has 10 heteroatoms. The van der Waals surface area contributed by atoms with Gasteiger partial charge in [0.15, 0.2) is 0 Å². The van der Waals surface area contributed by atoms with Gasteiger partial charge in [-0.2, -0.15) is 13.2 Å². The van der Waals surface area contributed by atoms with Gasteiger partial charge in [0.1, 0.15) is 11.5 Å². The van der Waals surface area contributed by atoms with Crippen LogP contribution in [0.3, 0.4) is 0 Å². The number of alkyl halides is 3. The predicted octanol–water partition coefficient (Wildman–Crippen LogP) is 4.72. The van der Waals surface area contributed by atoms with Gasteiger partial charge in [0.05, 0.1) is 11.4 Å². The molecule has 34 heavy (non-hydrogen) atoms. The maximum atomic E-state index is 13.6. The summed E-state index contributed by atoms with van der Waals surface area (Å²) in [6, 6.07) is 11.9. The number of nitrogens with one attached hydrogen (secondary N) is 2. The summed E-state index contributed by atoms with van der Waals surface area (Å²) in [7, 11) is 0. The van der Waals surface area contributed by atoms with Gasteiger partial charge in [0, 0.05) is 24.7 Å². The summed E-state index contributed by atoms with van der Waals surface area (Å²) in [5.74, 6) is -0.324. The Balaban J connectivity index is 1.74. The molecule has 0 spiro atoms. The van der Waals surface area contributed by atoms with Gasteiger partial charge in [-0.25, -0.2) is 4.39 Å². The Morgan fingerprint density at radius 1 is 1.09 bits per heavy atom. The third-order valence-corrected chi connectivity index (χ3v) is 5.97. The van der Waals surface area contributed by atoms with Crippen LogP contribution in [0, 0.1) is 5.82 Å². The first-order chi connectivity index (χ1) is 16.2. The van der Waals surface area contributed by atoms with Crippen molar-refractivity contribution >= 4 is 5.52 Å². The van der Waals surface area contributed by atoms with E-state index in [0.29, 0.717) is 6.54 Å². The van der Waals surface area contributed by atoms with Gasteiger partial charge < -0.3 is 14.8 Å². The average Bonchev–Trinajstić information content (AvgIpc) is 3.41. The van der Waals surface area contributed by atoms with E-state index < -0.39 is 23.9 Å². The van der Waals surface area contributed by atoms with Gasteiger partial charge in [0.2, 0.25) is 5.60 Å². The summed E-state index contributed by atoms with van der Waals surface area (Å²) in [4.78, 5) is 0. The van der Waals surface area contributed by atoms with E-state index in [1.807, 2.05) is 29.7 Å². The van der Waals surface area contributed by atoms with Crippen LogP contribution in [-0.2, 0) is 18.6 Å². The zero-order valence-electron chi connectivity index (χ0n) is 18.7. The normalized spacial score (nSPS) is 14.0. The first-order valence-electron chi connectivity index (χ1n) is 11.0. The summed E-state index contributed by atoms with van der Waals surface area (Å²) in [5.41, 5.74) is 0.820. The second-order valence-corrected chi connectivity index (χ2v) is 8.16. The summed E-state index contributed by atoms with van der Waals surface area (Å²) in [6.45, 7) is 4.63. The van der Waals surface area contributed by atoms with Crippen LogP contribution in [-0.4, -0.2) is 37.6 Å². The number of rotatable bonds is 8. The Hall–Kier alpha value is -3.24. The number of aliphatic hydroxyl groups is 1. The smallest absolute Gasteiger partial charge is 0.375 e. The molecule has 0 aliphatic carbocycles. The predicted molar refractivity (Wildman–Crippen MR) is 120 cm³/mol. The minimum Gasteiger partial charge on any atom is -0.375 e. The minimum absolute atomic E-state index is 0.0802. The van der Waals surface area contributed by atoms with E-state index >= 15 is 0 Å². The lowest BCUT2D eigenvalue weighted by Crippen LogP contribution is -2.42. The first-order valence-corrected chi connectivity index (χ1v) is 11.0. The highest BCUT2D eigenvalue weighted by atomic mass is 19.4. The van der Waals surface area contributed by atoms with Crippen LogP contribution in [0.4, 0.5) is 17.6 Å². The largest absolute Gasteiger partial charge is 0.423 e. The second kappa shape index (κ2) is 9.19. The molecule has 6 nitrogen and oxygen atoms in total. The third kappa shape index (κ3) is 4.30. The molecule has 4 rings (SSSR count). The molecule has 3 heterocycles.